The average molecular weight is 763 g/mol. The van der Waals surface area contributed by atoms with E-state index in [4.69, 9.17) is 21.1 Å². The van der Waals surface area contributed by atoms with Gasteiger partial charge in [0.05, 0.1) is 12.1 Å². The number of rotatable bonds is 18. The van der Waals surface area contributed by atoms with Crippen LogP contribution in [0.3, 0.4) is 0 Å². The lowest BCUT2D eigenvalue weighted by molar-refractivity contribution is -0.154. The van der Waals surface area contributed by atoms with Gasteiger partial charge in [-0.3, -0.25) is 14.4 Å². The van der Waals surface area contributed by atoms with Crippen LogP contribution in [0.5, 0.6) is 6.01 Å². The molecule has 3 aromatic rings. The second kappa shape index (κ2) is 16.6. The summed E-state index contributed by atoms with van der Waals surface area (Å²) < 4.78 is 49.0. The monoisotopic (exact) mass is 762 g/mol. The molecule has 1 atom stereocenters. The Hall–Kier alpha value is -5.23. The number of aliphatic carboxylic acids is 1. The minimum atomic E-state index is -4.64. The lowest BCUT2D eigenvalue weighted by Gasteiger charge is -2.19. The molecule has 2 aliphatic rings. The number of alkyl halides is 3. The molecule has 2 saturated carbocycles. The topological polar surface area (TPSA) is 206 Å². The average Bonchev–Trinajstić information content (AvgIpc) is 4.06. The Bertz CT molecular complexity index is 1790. The fraction of sp³-hybridized carbons (Fsp3) is 0.441. The van der Waals surface area contributed by atoms with Gasteiger partial charge >= 0.3 is 30.0 Å². The van der Waals surface area contributed by atoms with E-state index in [1.54, 1.807) is 12.1 Å². The largest absolute Gasteiger partial charge is 0.480 e. The molecule has 2 fully saturated rings. The predicted octanol–water partition coefficient (Wildman–Crippen LogP) is 3.93. The molecule has 284 valence electrons. The maximum absolute atomic E-state index is 12.9. The summed E-state index contributed by atoms with van der Waals surface area (Å²) in [5, 5.41) is 23.5. The summed E-state index contributed by atoms with van der Waals surface area (Å²) in [6.45, 7) is 1.36. The number of carbonyl (C=O) groups excluding carboxylic acids is 3. The van der Waals surface area contributed by atoms with Gasteiger partial charge in [-0.25, -0.2) is 4.79 Å². The summed E-state index contributed by atoms with van der Waals surface area (Å²) in [6.07, 6.45) is -1.68. The zero-order chi connectivity index (χ0) is 38.2. The van der Waals surface area contributed by atoms with Gasteiger partial charge in [-0.1, -0.05) is 23.7 Å². The first-order chi connectivity index (χ1) is 25.2. The van der Waals surface area contributed by atoms with Gasteiger partial charge in [-0.05, 0) is 81.0 Å². The van der Waals surface area contributed by atoms with Crippen molar-refractivity contribution in [2.45, 2.75) is 56.8 Å². The highest BCUT2D eigenvalue weighted by Gasteiger charge is 2.45. The number of nitrogens with zero attached hydrogens (tertiary/aromatic N) is 3. The highest BCUT2D eigenvalue weighted by atomic mass is 35.5. The SMILES string of the molecule is CCOCC1(CNC(=O)C(=O)NCC[C@H](NC(=O)c2ccc(Nc3nc(NC4(c5ccc(Cl)cc5)CC4)nc(OCC(F)(F)F)n3)cc2)C(=O)O)CC1. The number of benzene rings is 2. The van der Waals surface area contributed by atoms with E-state index >= 15 is 0 Å². The number of carboxylic acid groups (broad SMARTS) is 1. The summed E-state index contributed by atoms with van der Waals surface area (Å²) in [6, 6.07) is 10.8. The first kappa shape index (κ1) is 39.0. The third kappa shape index (κ3) is 11.4. The van der Waals surface area contributed by atoms with E-state index in [1.165, 1.54) is 24.3 Å². The molecule has 0 saturated heterocycles. The Balaban J connectivity index is 1.16. The smallest absolute Gasteiger partial charge is 0.422 e. The molecule has 2 aromatic carbocycles. The van der Waals surface area contributed by atoms with Gasteiger partial charge in [-0.2, -0.15) is 28.1 Å². The molecule has 6 N–H and O–H groups in total. The van der Waals surface area contributed by atoms with Crippen LogP contribution in [-0.4, -0.2) is 88.9 Å². The van der Waals surface area contributed by atoms with Crippen molar-refractivity contribution >= 4 is 52.9 Å². The number of aromatic nitrogens is 3. The number of hydrogen-bond acceptors (Lipinski definition) is 11. The van der Waals surface area contributed by atoms with Gasteiger partial charge < -0.3 is 41.2 Å². The van der Waals surface area contributed by atoms with Crippen LogP contribution in [0.1, 0.15) is 54.9 Å². The van der Waals surface area contributed by atoms with E-state index in [1.807, 2.05) is 19.1 Å². The summed E-state index contributed by atoms with van der Waals surface area (Å²) in [5.41, 5.74) is 0.578. The number of carbonyl (C=O) groups is 4. The molecule has 19 heteroatoms. The third-order valence-corrected chi connectivity index (χ3v) is 8.85. The number of amides is 3. The first-order valence-electron chi connectivity index (χ1n) is 16.7. The Morgan fingerprint density at radius 1 is 0.925 bits per heavy atom. The zero-order valence-corrected chi connectivity index (χ0v) is 29.3. The minimum absolute atomic E-state index is 0.0381. The van der Waals surface area contributed by atoms with E-state index in [9.17, 15) is 37.5 Å². The molecule has 0 radical (unpaired) electrons. The Kier molecular flexibility index (Phi) is 12.2. The van der Waals surface area contributed by atoms with Crippen molar-refractivity contribution in [2.75, 3.05) is 43.5 Å². The van der Waals surface area contributed by atoms with Gasteiger partial charge in [0.25, 0.3) is 5.91 Å². The summed E-state index contributed by atoms with van der Waals surface area (Å²) >= 11 is 6.02. The van der Waals surface area contributed by atoms with Crippen LogP contribution in [0, 0.1) is 5.41 Å². The molecular weight excluding hydrogens is 725 g/mol. The van der Waals surface area contributed by atoms with Crippen molar-refractivity contribution in [3.8, 4) is 6.01 Å². The molecule has 15 nitrogen and oxygen atoms in total. The van der Waals surface area contributed by atoms with E-state index in [0.717, 1.165) is 18.4 Å². The van der Waals surface area contributed by atoms with Crippen LogP contribution in [0.2, 0.25) is 5.02 Å². The van der Waals surface area contributed by atoms with Crippen LogP contribution >= 0.6 is 11.6 Å². The van der Waals surface area contributed by atoms with Gasteiger partial charge in [0.2, 0.25) is 11.9 Å². The number of ether oxygens (including phenoxy) is 2. The standard InChI is InChI=1S/C34H38ClF3N8O7/c1-2-52-18-32(12-13-32)17-40-27(49)26(48)39-16-11-24(28(50)51)42-25(47)20-3-9-23(10-4-20)41-29-43-30(45-31(44-29)53-19-34(36,37)38)46-33(14-15-33)21-5-7-22(35)8-6-21/h3-10,24H,2,11-19H2,1H3,(H,39,48)(H,40,49)(H,42,47)(H,50,51)(H2,41,43,44,45,46)/t24-/m0/s1. The molecule has 3 amide bonds. The van der Waals surface area contributed by atoms with Gasteiger partial charge in [0, 0.05) is 41.4 Å². The summed E-state index contributed by atoms with van der Waals surface area (Å²) in [4.78, 5) is 61.5. The van der Waals surface area contributed by atoms with Crippen LogP contribution < -0.4 is 31.3 Å². The number of hydrogen-bond donors (Lipinski definition) is 6. The number of carboxylic acids is 1. The van der Waals surface area contributed by atoms with E-state index in [0.29, 0.717) is 43.3 Å². The van der Waals surface area contributed by atoms with Crippen LogP contribution in [-0.2, 0) is 24.7 Å². The lowest BCUT2D eigenvalue weighted by atomic mass is 10.1. The maximum atomic E-state index is 12.9. The van der Waals surface area contributed by atoms with E-state index in [2.05, 4.69) is 41.5 Å². The normalized spacial score (nSPS) is 15.7. The van der Waals surface area contributed by atoms with Crippen LogP contribution in [0.15, 0.2) is 48.5 Å². The van der Waals surface area contributed by atoms with E-state index in [-0.39, 0.29) is 35.8 Å². The molecular formula is C34H38ClF3N8O7. The van der Waals surface area contributed by atoms with Crippen molar-refractivity contribution in [2.24, 2.45) is 5.41 Å². The molecule has 53 heavy (non-hydrogen) atoms. The lowest BCUT2D eigenvalue weighted by Crippen LogP contribution is -2.46. The van der Waals surface area contributed by atoms with Crippen molar-refractivity contribution in [1.29, 1.82) is 0 Å². The Morgan fingerprint density at radius 3 is 2.19 bits per heavy atom. The van der Waals surface area contributed by atoms with Crippen molar-refractivity contribution in [3.63, 3.8) is 0 Å². The quantitative estimate of drug-likeness (QED) is 0.102. The van der Waals surface area contributed by atoms with E-state index < -0.39 is 54.1 Å². The van der Waals surface area contributed by atoms with Crippen molar-refractivity contribution in [1.82, 2.24) is 30.9 Å². The summed E-state index contributed by atoms with van der Waals surface area (Å²) in [7, 11) is 0. The molecule has 0 bridgehead atoms. The number of nitrogens with one attached hydrogen (secondary N) is 5. The molecule has 1 heterocycles. The first-order valence-corrected chi connectivity index (χ1v) is 17.1. The molecule has 0 unspecified atom stereocenters. The summed E-state index contributed by atoms with van der Waals surface area (Å²) in [5.74, 6) is -4.05. The third-order valence-electron chi connectivity index (χ3n) is 8.60. The highest BCUT2D eigenvalue weighted by Crippen LogP contribution is 2.48. The molecule has 5 rings (SSSR count). The van der Waals surface area contributed by atoms with Gasteiger partial charge in [0.15, 0.2) is 6.61 Å². The van der Waals surface area contributed by atoms with Crippen LogP contribution in [0.25, 0.3) is 0 Å². The number of anilines is 3. The fourth-order valence-corrected chi connectivity index (χ4v) is 5.36. The van der Waals surface area contributed by atoms with Crippen molar-refractivity contribution in [3.05, 3.63) is 64.7 Å². The second-order valence-electron chi connectivity index (χ2n) is 12.8. The predicted molar refractivity (Wildman–Crippen MR) is 185 cm³/mol. The molecule has 1 aromatic heterocycles. The van der Waals surface area contributed by atoms with Gasteiger partial charge in [0.1, 0.15) is 6.04 Å². The minimum Gasteiger partial charge on any atom is -0.480 e. The zero-order valence-electron chi connectivity index (χ0n) is 28.5. The van der Waals surface area contributed by atoms with Crippen molar-refractivity contribution < 1.29 is 46.9 Å². The maximum Gasteiger partial charge on any atom is 0.422 e. The van der Waals surface area contributed by atoms with Gasteiger partial charge in [-0.15, -0.1) is 0 Å². The Labute approximate surface area is 306 Å². The number of halogens is 4. The highest BCUT2D eigenvalue weighted by molar-refractivity contribution is 6.35. The molecule has 0 spiro atoms. The molecule has 2 aliphatic carbocycles. The van der Waals surface area contributed by atoms with Crippen LogP contribution in [0.4, 0.5) is 30.8 Å². The molecule has 0 aliphatic heterocycles. The fourth-order valence-electron chi connectivity index (χ4n) is 5.23. The Morgan fingerprint density at radius 2 is 1.58 bits per heavy atom. The second-order valence-corrected chi connectivity index (χ2v) is 13.3.